The summed E-state index contributed by atoms with van der Waals surface area (Å²) in [6.45, 7) is 8.65. The lowest BCUT2D eigenvalue weighted by molar-refractivity contribution is 0.0520. The van der Waals surface area contributed by atoms with Gasteiger partial charge in [0.15, 0.2) is 5.69 Å². The molecule has 0 aliphatic rings. The number of imidazole rings is 1. The van der Waals surface area contributed by atoms with E-state index in [-0.39, 0.29) is 5.97 Å². The fraction of sp³-hybridized carbons (Fsp3) is 0.667. The Morgan fingerprint density at radius 3 is 2.75 bits per heavy atom. The maximum atomic E-state index is 11.4. The molecule has 90 valence electrons. The van der Waals surface area contributed by atoms with Crippen LogP contribution in [-0.2, 0) is 4.74 Å². The van der Waals surface area contributed by atoms with Crippen molar-refractivity contribution in [3.05, 3.63) is 18.2 Å². The highest BCUT2D eigenvalue weighted by molar-refractivity contribution is 5.86. The van der Waals surface area contributed by atoms with Gasteiger partial charge in [-0.05, 0) is 26.2 Å². The van der Waals surface area contributed by atoms with Gasteiger partial charge in [0.25, 0.3) is 0 Å². The van der Waals surface area contributed by atoms with Crippen LogP contribution < -0.4 is 0 Å². The number of aromatic nitrogens is 2. The molecule has 1 aromatic rings. The first kappa shape index (κ1) is 12.7. The summed E-state index contributed by atoms with van der Waals surface area (Å²) in [6.07, 6.45) is 4.52. The van der Waals surface area contributed by atoms with E-state index >= 15 is 0 Å². The summed E-state index contributed by atoms with van der Waals surface area (Å²) in [5, 5.41) is 0. The maximum Gasteiger partial charge on any atom is 0.358 e. The van der Waals surface area contributed by atoms with E-state index < -0.39 is 0 Å². The highest BCUT2D eigenvalue weighted by atomic mass is 16.5. The van der Waals surface area contributed by atoms with Gasteiger partial charge in [0.1, 0.15) is 0 Å². The average molecular weight is 224 g/mol. The van der Waals surface area contributed by atoms with E-state index in [2.05, 4.69) is 25.8 Å². The number of hydrogen-bond acceptors (Lipinski definition) is 3. The molecule has 0 spiro atoms. The van der Waals surface area contributed by atoms with E-state index in [1.807, 2.05) is 4.57 Å². The molecule has 0 N–H and O–H groups in total. The molecule has 0 saturated heterocycles. The standard InChI is InChI=1S/C12H20N2O2/c1-5-16-12(15)11-7-14(8-13-11)10(4)6-9(2)3/h7-10H,5-6H2,1-4H3. The Hall–Kier alpha value is -1.32. The zero-order chi connectivity index (χ0) is 12.1. The van der Waals surface area contributed by atoms with Crippen LogP contribution >= 0.6 is 0 Å². The van der Waals surface area contributed by atoms with Crippen LogP contribution in [0.5, 0.6) is 0 Å². The lowest BCUT2D eigenvalue weighted by Crippen LogP contribution is -2.07. The Morgan fingerprint density at radius 2 is 2.19 bits per heavy atom. The first-order valence-electron chi connectivity index (χ1n) is 5.75. The van der Waals surface area contributed by atoms with Crippen molar-refractivity contribution < 1.29 is 9.53 Å². The molecule has 0 saturated carbocycles. The van der Waals surface area contributed by atoms with Crippen LogP contribution in [0.1, 0.15) is 50.6 Å². The molecule has 1 atom stereocenters. The first-order chi connectivity index (χ1) is 7.54. The van der Waals surface area contributed by atoms with Gasteiger partial charge in [0.2, 0.25) is 0 Å². The second-order valence-electron chi connectivity index (χ2n) is 4.41. The van der Waals surface area contributed by atoms with Crippen LogP contribution in [-0.4, -0.2) is 22.1 Å². The lowest BCUT2D eigenvalue weighted by Gasteiger charge is -2.14. The Balaban J connectivity index is 2.67. The van der Waals surface area contributed by atoms with Crippen LogP contribution in [0.4, 0.5) is 0 Å². The van der Waals surface area contributed by atoms with Crippen LogP contribution in [0.2, 0.25) is 0 Å². The van der Waals surface area contributed by atoms with Crippen molar-refractivity contribution in [2.45, 2.75) is 40.2 Å². The molecule has 4 heteroatoms. The molecule has 0 bridgehead atoms. The summed E-state index contributed by atoms with van der Waals surface area (Å²) in [6, 6.07) is 0.357. The van der Waals surface area contributed by atoms with E-state index in [0.717, 1.165) is 6.42 Å². The van der Waals surface area contributed by atoms with E-state index in [0.29, 0.717) is 24.3 Å². The smallest absolute Gasteiger partial charge is 0.358 e. The van der Waals surface area contributed by atoms with Crippen LogP contribution in [0, 0.1) is 5.92 Å². The zero-order valence-corrected chi connectivity index (χ0v) is 10.4. The highest BCUT2D eigenvalue weighted by Gasteiger charge is 2.13. The summed E-state index contributed by atoms with van der Waals surface area (Å²) in [5.41, 5.74) is 0.387. The van der Waals surface area contributed by atoms with Crippen molar-refractivity contribution in [3.63, 3.8) is 0 Å². The molecule has 0 aliphatic heterocycles. The van der Waals surface area contributed by atoms with Crippen molar-refractivity contribution in [1.29, 1.82) is 0 Å². The number of nitrogens with zero attached hydrogens (tertiary/aromatic N) is 2. The van der Waals surface area contributed by atoms with Gasteiger partial charge >= 0.3 is 5.97 Å². The van der Waals surface area contributed by atoms with E-state index in [9.17, 15) is 4.79 Å². The van der Waals surface area contributed by atoms with Gasteiger partial charge in [0.05, 0.1) is 12.9 Å². The predicted octanol–water partition coefficient (Wildman–Crippen LogP) is 2.67. The van der Waals surface area contributed by atoms with Gasteiger partial charge in [-0.25, -0.2) is 9.78 Å². The van der Waals surface area contributed by atoms with Crippen molar-refractivity contribution >= 4 is 5.97 Å². The monoisotopic (exact) mass is 224 g/mol. The zero-order valence-electron chi connectivity index (χ0n) is 10.4. The third-order valence-electron chi connectivity index (χ3n) is 2.41. The molecule has 0 aliphatic carbocycles. The highest BCUT2D eigenvalue weighted by Crippen LogP contribution is 2.17. The number of carbonyl (C=O) groups excluding carboxylic acids is 1. The third-order valence-corrected chi connectivity index (χ3v) is 2.41. The molecule has 0 radical (unpaired) electrons. The third kappa shape index (κ3) is 3.36. The Labute approximate surface area is 96.6 Å². The molecule has 1 unspecified atom stereocenters. The summed E-state index contributed by atoms with van der Waals surface area (Å²) in [7, 11) is 0. The predicted molar refractivity (Wildman–Crippen MR) is 62.3 cm³/mol. The minimum Gasteiger partial charge on any atom is -0.461 e. The number of ether oxygens (including phenoxy) is 1. The summed E-state index contributed by atoms with van der Waals surface area (Å²) < 4.78 is 6.85. The maximum absolute atomic E-state index is 11.4. The Morgan fingerprint density at radius 1 is 1.50 bits per heavy atom. The fourth-order valence-electron chi connectivity index (χ4n) is 1.69. The molecular formula is C12H20N2O2. The summed E-state index contributed by atoms with van der Waals surface area (Å²) in [4.78, 5) is 15.5. The first-order valence-corrected chi connectivity index (χ1v) is 5.75. The second kappa shape index (κ2) is 5.68. The molecular weight excluding hydrogens is 204 g/mol. The molecule has 0 fully saturated rings. The van der Waals surface area contributed by atoms with Crippen molar-refractivity contribution in [1.82, 2.24) is 9.55 Å². The quantitative estimate of drug-likeness (QED) is 0.722. The van der Waals surface area contributed by atoms with E-state index in [1.54, 1.807) is 19.4 Å². The lowest BCUT2D eigenvalue weighted by atomic mass is 10.1. The topological polar surface area (TPSA) is 44.1 Å². The molecule has 0 aromatic carbocycles. The van der Waals surface area contributed by atoms with Gasteiger partial charge in [-0.15, -0.1) is 0 Å². The molecule has 1 aromatic heterocycles. The van der Waals surface area contributed by atoms with Crippen LogP contribution in [0.25, 0.3) is 0 Å². The van der Waals surface area contributed by atoms with Crippen LogP contribution in [0.3, 0.4) is 0 Å². The van der Waals surface area contributed by atoms with E-state index in [1.165, 1.54) is 0 Å². The Bertz CT molecular complexity index is 345. The largest absolute Gasteiger partial charge is 0.461 e. The average Bonchev–Trinajstić information content (AvgIpc) is 2.65. The van der Waals surface area contributed by atoms with Crippen molar-refractivity contribution in [2.24, 2.45) is 5.92 Å². The van der Waals surface area contributed by atoms with Gasteiger partial charge in [0, 0.05) is 12.2 Å². The minimum absolute atomic E-state index is 0.349. The van der Waals surface area contributed by atoms with E-state index in [4.69, 9.17) is 4.74 Å². The molecule has 16 heavy (non-hydrogen) atoms. The van der Waals surface area contributed by atoms with Gasteiger partial charge in [-0.2, -0.15) is 0 Å². The molecule has 1 rings (SSSR count). The summed E-state index contributed by atoms with van der Waals surface area (Å²) in [5.74, 6) is 0.279. The number of rotatable bonds is 5. The fourth-order valence-corrected chi connectivity index (χ4v) is 1.69. The molecule has 4 nitrogen and oxygen atoms in total. The second-order valence-corrected chi connectivity index (χ2v) is 4.41. The number of esters is 1. The molecule has 1 heterocycles. The Kier molecular flexibility index (Phi) is 4.52. The van der Waals surface area contributed by atoms with Gasteiger partial charge < -0.3 is 9.30 Å². The number of hydrogen-bond donors (Lipinski definition) is 0. The SMILES string of the molecule is CCOC(=O)c1cn(C(C)CC(C)C)cn1. The van der Waals surface area contributed by atoms with Crippen LogP contribution in [0.15, 0.2) is 12.5 Å². The van der Waals surface area contributed by atoms with Gasteiger partial charge in [-0.1, -0.05) is 13.8 Å². The number of carbonyl (C=O) groups is 1. The summed E-state index contributed by atoms with van der Waals surface area (Å²) >= 11 is 0. The van der Waals surface area contributed by atoms with Gasteiger partial charge in [-0.3, -0.25) is 0 Å². The normalized spacial score (nSPS) is 12.8. The molecule has 0 amide bonds. The minimum atomic E-state index is -0.349. The van der Waals surface area contributed by atoms with Crippen molar-refractivity contribution in [3.8, 4) is 0 Å². The van der Waals surface area contributed by atoms with Crippen molar-refractivity contribution in [2.75, 3.05) is 6.61 Å².